The first-order chi connectivity index (χ1) is 7.74. The Morgan fingerprint density at radius 1 is 1.50 bits per heavy atom. The molecule has 0 aliphatic carbocycles. The molecule has 1 aliphatic rings. The van der Waals surface area contributed by atoms with Crippen LogP contribution in [-0.4, -0.2) is 18.0 Å². The SMILES string of the molecule is CCCCC1NC(=O)N(c2cccs2)C1=O. The Labute approximate surface area is 98.3 Å². The van der Waals surface area contributed by atoms with Crippen molar-refractivity contribution in [2.45, 2.75) is 32.2 Å². The number of unbranched alkanes of at least 4 members (excludes halogenated alkanes) is 1. The van der Waals surface area contributed by atoms with Crippen molar-refractivity contribution < 1.29 is 9.59 Å². The molecule has 0 spiro atoms. The first-order valence-corrected chi connectivity index (χ1v) is 6.30. The number of thiophene rings is 1. The summed E-state index contributed by atoms with van der Waals surface area (Å²) >= 11 is 1.40. The Balaban J connectivity index is 2.11. The van der Waals surface area contributed by atoms with E-state index >= 15 is 0 Å². The predicted octanol–water partition coefficient (Wildman–Crippen LogP) is 2.36. The molecule has 0 aromatic carbocycles. The molecular formula is C11H14N2O2S. The zero-order valence-corrected chi connectivity index (χ0v) is 9.92. The van der Waals surface area contributed by atoms with Crippen LogP contribution < -0.4 is 10.2 Å². The minimum absolute atomic E-state index is 0.124. The molecule has 2 rings (SSSR count). The van der Waals surface area contributed by atoms with E-state index in [2.05, 4.69) is 12.2 Å². The molecule has 2 heterocycles. The lowest BCUT2D eigenvalue weighted by molar-refractivity contribution is -0.118. The van der Waals surface area contributed by atoms with Crippen molar-refractivity contribution >= 4 is 28.3 Å². The average molecular weight is 238 g/mol. The molecule has 1 atom stereocenters. The summed E-state index contributed by atoms with van der Waals surface area (Å²) in [5.41, 5.74) is 0. The number of hydrogen-bond donors (Lipinski definition) is 1. The van der Waals surface area contributed by atoms with E-state index in [1.54, 1.807) is 6.07 Å². The molecule has 1 fully saturated rings. The highest BCUT2D eigenvalue weighted by Gasteiger charge is 2.38. The molecule has 0 radical (unpaired) electrons. The van der Waals surface area contributed by atoms with Gasteiger partial charge in [0.15, 0.2) is 0 Å². The average Bonchev–Trinajstić information content (AvgIpc) is 2.85. The number of hydrogen-bond acceptors (Lipinski definition) is 3. The van der Waals surface area contributed by atoms with E-state index in [4.69, 9.17) is 0 Å². The summed E-state index contributed by atoms with van der Waals surface area (Å²) in [7, 11) is 0. The third-order valence-corrected chi connectivity index (χ3v) is 3.45. The summed E-state index contributed by atoms with van der Waals surface area (Å²) < 4.78 is 0. The quantitative estimate of drug-likeness (QED) is 0.819. The van der Waals surface area contributed by atoms with Crippen molar-refractivity contribution in [1.82, 2.24) is 5.32 Å². The molecule has 1 N–H and O–H groups in total. The van der Waals surface area contributed by atoms with Crippen LogP contribution in [0.1, 0.15) is 26.2 Å². The van der Waals surface area contributed by atoms with Gasteiger partial charge in [0.1, 0.15) is 11.0 Å². The molecule has 0 saturated carbocycles. The molecule has 0 bridgehead atoms. The van der Waals surface area contributed by atoms with Crippen molar-refractivity contribution in [2.75, 3.05) is 4.90 Å². The van der Waals surface area contributed by atoms with Crippen LogP contribution in [0.5, 0.6) is 0 Å². The summed E-state index contributed by atoms with van der Waals surface area (Å²) in [6, 6.07) is 2.98. The predicted molar refractivity (Wildman–Crippen MR) is 63.6 cm³/mol. The zero-order valence-electron chi connectivity index (χ0n) is 9.10. The van der Waals surface area contributed by atoms with Gasteiger partial charge in [0.25, 0.3) is 5.91 Å². The smallest absolute Gasteiger partial charge is 0.325 e. The third kappa shape index (κ3) is 1.95. The molecule has 3 amide bonds. The number of carbonyl (C=O) groups excluding carboxylic acids is 2. The van der Waals surface area contributed by atoms with Gasteiger partial charge in [-0.3, -0.25) is 4.79 Å². The Bertz CT molecular complexity index is 389. The molecular weight excluding hydrogens is 224 g/mol. The number of rotatable bonds is 4. The minimum Gasteiger partial charge on any atom is -0.325 e. The molecule has 1 aromatic heterocycles. The normalized spacial score (nSPS) is 20.3. The summed E-state index contributed by atoms with van der Waals surface area (Å²) in [6.07, 6.45) is 2.70. The standard InChI is InChI=1S/C11H14N2O2S/c1-2-3-5-8-10(14)13(11(15)12-8)9-6-4-7-16-9/h4,6-8H,2-3,5H2,1H3,(H,12,15). The van der Waals surface area contributed by atoms with Crippen molar-refractivity contribution in [3.8, 4) is 0 Å². The summed E-state index contributed by atoms with van der Waals surface area (Å²) in [4.78, 5) is 24.9. The Hall–Kier alpha value is -1.36. The maximum absolute atomic E-state index is 12.0. The lowest BCUT2D eigenvalue weighted by Gasteiger charge is -2.09. The van der Waals surface area contributed by atoms with E-state index in [-0.39, 0.29) is 18.0 Å². The Morgan fingerprint density at radius 2 is 2.31 bits per heavy atom. The lowest BCUT2D eigenvalue weighted by Crippen LogP contribution is -2.30. The van der Waals surface area contributed by atoms with Gasteiger partial charge in [-0.1, -0.05) is 19.8 Å². The molecule has 1 saturated heterocycles. The van der Waals surface area contributed by atoms with Crippen LogP contribution in [0.2, 0.25) is 0 Å². The van der Waals surface area contributed by atoms with Crippen molar-refractivity contribution in [3.05, 3.63) is 17.5 Å². The molecule has 1 aromatic rings. The zero-order chi connectivity index (χ0) is 11.5. The van der Waals surface area contributed by atoms with Gasteiger partial charge in [0.05, 0.1) is 0 Å². The van der Waals surface area contributed by atoms with Crippen LogP contribution in [0.15, 0.2) is 17.5 Å². The van der Waals surface area contributed by atoms with Gasteiger partial charge >= 0.3 is 6.03 Å². The molecule has 16 heavy (non-hydrogen) atoms. The Morgan fingerprint density at radius 3 is 2.94 bits per heavy atom. The van der Waals surface area contributed by atoms with Gasteiger partial charge in [-0.15, -0.1) is 11.3 Å². The van der Waals surface area contributed by atoms with E-state index in [0.717, 1.165) is 19.3 Å². The maximum Gasteiger partial charge on any atom is 0.330 e. The van der Waals surface area contributed by atoms with Gasteiger partial charge in [-0.05, 0) is 23.9 Å². The van der Waals surface area contributed by atoms with Gasteiger partial charge in [-0.25, -0.2) is 9.69 Å². The van der Waals surface area contributed by atoms with E-state index in [9.17, 15) is 9.59 Å². The number of nitrogens with zero attached hydrogens (tertiary/aromatic N) is 1. The molecule has 5 heteroatoms. The highest BCUT2D eigenvalue weighted by atomic mass is 32.1. The first kappa shape index (κ1) is 11.1. The highest BCUT2D eigenvalue weighted by molar-refractivity contribution is 7.14. The largest absolute Gasteiger partial charge is 0.330 e. The van der Waals surface area contributed by atoms with E-state index in [0.29, 0.717) is 5.00 Å². The number of anilines is 1. The second-order valence-electron chi connectivity index (χ2n) is 3.77. The van der Waals surface area contributed by atoms with Crippen molar-refractivity contribution in [1.29, 1.82) is 0 Å². The van der Waals surface area contributed by atoms with Gasteiger partial charge in [-0.2, -0.15) is 0 Å². The van der Waals surface area contributed by atoms with Gasteiger partial charge < -0.3 is 5.32 Å². The number of imide groups is 1. The Kier molecular flexibility index (Phi) is 3.24. The monoisotopic (exact) mass is 238 g/mol. The highest BCUT2D eigenvalue weighted by Crippen LogP contribution is 2.25. The fourth-order valence-electron chi connectivity index (χ4n) is 1.74. The van der Waals surface area contributed by atoms with Crippen molar-refractivity contribution in [3.63, 3.8) is 0 Å². The maximum atomic E-state index is 12.0. The van der Waals surface area contributed by atoms with Crippen LogP contribution in [0.3, 0.4) is 0 Å². The summed E-state index contributed by atoms with van der Waals surface area (Å²) in [5, 5.41) is 5.27. The summed E-state index contributed by atoms with van der Waals surface area (Å²) in [5.74, 6) is -0.124. The third-order valence-electron chi connectivity index (χ3n) is 2.59. The van der Waals surface area contributed by atoms with Crippen LogP contribution in [0, 0.1) is 0 Å². The fraction of sp³-hybridized carbons (Fsp3) is 0.455. The van der Waals surface area contributed by atoms with Gasteiger partial charge in [0, 0.05) is 0 Å². The van der Waals surface area contributed by atoms with Crippen LogP contribution >= 0.6 is 11.3 Å². The van der Waals surface area contributed by atoms with Gasteiger partial charge in [0.2, 0.25) is 0 Å². The van der Waals surface area contributed by atoms with E-state index in [1.807, 2.05) is 11.4 Å². The van der Waals surface area contributed by atoms with E-state index in [1.165, 1.54) is 16.2 Å². The van der Waals surface area contributed by atoms with Crippen LogP contribution in [0.25, 0.3) is 0 Å². The number of nitrogens with one attached hydrogen (secondary N) is 1. The minimum atomic E-state index is -0.338. The second-order valence-corrected chi connectivity index (χ2v) is 4.70. The molecule has 4 nitrogen and oxygen atoms in total. The fourth-order valence-corrected chi connectivity index (χ4v) is 2.47. The molecule has 1 unspecified atom stereocenters. The lowest BCUT2D eigenvalue weighted by atomic mass is 10.1. The van der Waals surface area contributed by atoms with Crippen LogP contribution in [-0.2, 0) is 4.79 Å². The topological polar surface area (TPSA) is 49.4 Å². The van der Waals surface area contributed by atoms with Crippen molar-refractivity contribution in [2.24, 2.45) is 0 Å². The van der Waals surface area contributed by atoms with Crippen LogP contribution in [0.4, 0.5) is 9.80 Å². The number of amides is 3. The molecule has 86 valence electrons. The summed E-state index contributed by atoms with van der Waals surface area (Å²) in [6.45, 7) is 2.07. The first-order valence-electron chi connectivity index (χ1n) is 5.42. The number of carbonyl (C=O) groups is 2. The second kappa shape index (κ2) is 4.65. The molecule has 1 aliphatic heterocycles. The van der Waals surface area contributed by atoms with E-state index < -0.39 is 0 Å². The number of urea groups is 1.